The molecule has 1 aliphatic carbocycles. The normalized spacial score (nSPS) is 20.6. The van der Waals surface area contributed by atoms with Crippen molar-refractivity contribution < 1.29 is 0 Å². The first kappa shape index (κ1) is 12.0. The summed E-state index contributed by atoms with van der Waals surface area (Å²) in [4.78, 5) is 2.59. The number of hydrogen-bond donors (Lipinski definition) is 0. The average Bonchev–Trinajstić information content (AvgIpc) is 1.97. The molecular formula is C13H27N. The molecule has 1 fully saturated rings. The van der Waals surface area contributed by atoms with Crippen LogP contribution in [0.3, 0.4) is 0 Å². The molecule has 1 heteroatoms. The van der Waals surface area contributed by atoms with Crippen molar-refractivity contribution in [1.29, 1.82) is 0 Å². The minimum absolute atomic E-state index is 0.694. The summed E-state index contributed by atoms with van der Waals surface area (Å²) in [6.45, 7) is 9.32. The zero-order chi connectivity index (χ0) is 10.7. The zero-order valence-corrected chi connectivity index (χ0v) is 10.6. The van der Waals surface area contributed by atoms with E-state index in [2.05, 4.69) is 39.6 Å². The van der Waals surface area contributed by atoms with Crippen molar-refractivity contribution in [3.63, 3.8) is 0 Å². The molecule has 0 bridgehead atoms. The highest BCUT2D eigenvalue weighted by Crippen LogP contribution is 2.35. The van der Waals surface area contributed by atoms with Gasteiger partial charge in [0.2, 0.25) is 0 Å². The maximum atomic E-state index is 2.59. The van der Waals surface area contributed by atoms with Crippen molar-refractivity contribution in [3.05, 3.63) is 0 Å². The molecule has 0 spiro atoms. The average molecular weight is 197 g/mol. The Labute approximate surface area is 89.9 Å². The Morgan fingerprint density at radius 1 is 1.14 bits per heavy atom. The Morgan fingerprint density at radius 2 is 1.71 bits per heavy atom. The van der Waals surface area contributed by atoms with Crippen molar-refractivity contribution in [2.75, 3.05) is 7.05 Å². The van der Waals surface area contributed by atoms with Crippen molar-refractivity contribution in [3.8, 4) is 0 Å². The van der Waals surface area contributed by atoms with Gasteiger partial charge in [0.25, 0.3) is 0 Å². The fourth-order valence-corrected chi connectivity index (χ4v) is 2.38. The lowest BCUT2D eigenvalue weighted by molar-refractivity contribution is 0.0781. The van der Waals surface area contributed by atoms with E-state index in [9.17, 15) is 0 Å². The zero-order valence-electron chi connectivity index (χ0n) is 10.6. The Kier molecular flexibility index (Phi) is 4.43. The van der Waals surface area contributed by atoms with Gasteiger partial charge >= 0.3 is 0 Å². The maximum Gasteiger partial charge on any atom is 0.0126 e. The Bertz CT molecular complexity index is 159. The first-order valence-corrected chi connectivity index (χ1v) is 6.24. The SMILES string of the molecule is CC(C)C[C@H](C1CCC1)N(C)C(C)C. The Morgan fingerprint density at radius 3 is 2.00 bits per heavy atom. The van der Waals surface area contributed by atoms with E-state index in [0.717, 1.165) is 17.9 Å². The molecule has 0 saturated heterocycles. The van der Waals surface area contributed by atoms with Crippen molar-refractivity contribution in [2.24, 2.45) is 11.8 Å². The summed E-state index contributed by atoms with van der Waals surface area (Å²) in [6, 6.07) is 1.53. The molecule has 0 radical (unpaired) electrons. The third-order valence-electron chi connectivity index (χ3n) is 3.74. The highest BCUT2D eigenvalue weighted by molar-refractivity contribution is 4.85. The van der Waals surface area contributed by atoms with E-state index in [0.29, 0.717) is 6.04 Å². The second-order valence-electron chi connectivity index (χ2n) is 5.65. The van der Waals surface area contributed by atoms with E-state index in [1.165, 1.54) is 25.7 Å². The van der Waals surface area contributed by atoms with Gasteiger partial charge in [-0.3, -0.25) is 0 Å². The van der Waals surface area contributed by atoms with Crippen LogP contribution in [0.2, 0.25) is 0 Å². The van der Waals surface area contributed by atoms with Crippen LogP contribution >= 0.6 is 0 Å². The van der Waals surface area contributed by atoms with Gasteiger partial charge < -0.3 is 4.90 Å². The van der Waals surface area contributed by atoms with Crippen LogP contribution < -0.4 is 0 Å². The summed E-state index contributed by atoms with van der Waals surface area (Å²) in [5.74, 6) is 1.83. The molecule has 1 saturated carbocycles. The van der Waals surface area contributed by atoms with Crippen LogP contribution in [0.15, 0.2) is 0 Å². The Hall–Kier alpha value is -0.0400. The van der Waals surface area contributed by atoms with Gasteiger partial charge in [-0.25, -0.2) is 0 Å². The first-order valence-electron chi connectivity index (χ1n) is 6.24. The lowest BCUT2D eigenvalue weighted by Crippen LogP contribution is -2.45. The molecule has 84 valence electrons. The van der Waals surface area contributed by atoms with Crippen LogP contribution in [0.25, 0.3) is 0 Å². The van der Waals surface area contributed by atoms with Gasteiger partial charge in [0.05, 0.1) is 0 Å². The maximum absolute atomic E-state index is 2.59. The first-order chi connectivity index (χ1) is 6.52. The molecule has 0 aromatic carbocycles. The van der Waals surface area contributed by atoms with Crippen LogP contribution in [-0.2, 0) is 0 Å². The molecule has 0 unspecified atom stereocenters. The minimum Gasteiger partial charge on any atom is -0.301 e. The molecule has 0 aliphatic heterocycles. The van der Waals surface area contributed by atoms with Gasteiger partial charge in [-0.15, -0.1) is 0 Å². The number of hydrogen-bond acceptors (Lipinski definition) is 1. The number of rotatable bonds is 5. The van der Waals surface area contributed by atoms with E-state index >= 15 is 0 Å². The van der Waals surface area contributed by atoms with Gasteiger partial charge in [-0.05, 0) is 52.0 Å². The van der Waals surface area contributed by atoms with Crippen LogP contribution in [-0.4, -0.2) is 24.0 Å². The predicted octanol–water partition coefficient (Wildman–Crippen LogP) is 3.54. The molecule has 0 N–H and O–H groups in total. The highest BCUT2D eigenvalue weighted by Gasteiger charge is 2.31. The molecule has 1 nitrogen and oxygen atoms in total. The lowest BCUT2D eigenvalue weighted by Gasteiger charge is -2.42. The Balaban J connectivity index is 2.51. The molecule has 14 heavy (non-hydrogen) atoms. The molecule has 1 atom stereocenters. The monoisotopic (exact) mass is 197 g/mol. The topological polar surface area (TPSA) is 3.24 Å². The summed E-state index contributed by atoms with van der Waals surface area (Å²) >= 11 is 0. The van der Waals surface area contributed by atoms with Gasteiger partial charge in [-0.2, -0.15) is 0 Å². The van der Waals surface area contributed by atoms with E-state index in [-0.39, 0.29) is 0 Å². The third-order valence-corrected chi connectivity index (χ3v) is 3.74. The summed E-state index contributed by atoms with van der Waals surface area (Å²) in [6.07, 6.45) is 5.77. The van der Waals surface area contributed by atoms with E-state index < -0.39 is 0 Å². The van der Waals surface area contributed by atoms with Crippen molar-refractivity contribution in [1.82, 2.24) is 4.90 Å². The summed E-state index contributed by atoms with van der Waals surface area (Å²) < 4.78 is 0. The van der Waals surface area contributed by atoms with E-state index in [1.54, 1.807) is 0 Å². The smallest absolute Gasteiger partial charge is 0.0126 e. The van der Waals surface area contributed by atoms with Gasteiger partial charge in [0.1, 0.15) is 0 Å². The predicted molar refractivity (Wildman–Crippen MR) is 63.5 cm³/mol. The van der Waals surface area contributed by atoms with E-state index in [4.69, 9.17) is 0 Å². The minimum atomic E-state index is 0.694. The summed E-state index contributed by atoms with van der Waals surface area (Å²) in [5.41, 5.74) is 0. The molecule has 1 aliphatic rings. The summed E-state index contributed by atoms with van der Waals surface area (Å²) in [5, 5.41) is 0. The molecule has 0 aromatic heterocycles. The standard InChI is InChI=1S/C13H27N/c1-10(2)9-13(12-7-6-8-12)14(5)11(3)4/h10-13H,6-9H2,1-5H3/t13-/m1/s1. The van der Waals surface area contributed by atoms with Crippen LogP contribution in [0.4, 0.5) is 0 Å². The number of nitrogens with zero attached hydrogens (tertiary/aromatic N) is 1. The molecule has 0 heterocycles. The third kappa shape index (κ3) is 2.98. The largest absolute Gasteiger partial charge is 0.301 e. The highest BCUT2D eigenvalue weighted by atomic mass is 15.2. The molecule has 0 aromatic rings. The van der Waals surface area contributed by atoms with Crippen LogP contribution in [0.1, 0.15) is 53.4 Å². The second-order valence-corrected chi connectivity index (χ2v) is 5.65. The molecular weight excluding hydrogens is 170 g/mol. The molecule has 1 rings (SSSR count). The van der Waals surface area contributed by atoms with Crippen LogP contribution in [0.5, 0.6) is 0 Å². The summed E-state index contributed by atoms with van der Waals surface area (Å²) in [7, 11) is 2.30. The van der Waals surface area contributed by atoms with Crippen LogP contribution in [0, 0.1) is 11.8 Å². The fraction of sp³-hybridized carbons (Fsp3) is 1.00. The second kappa shape index (κ2) is 5.16. The van der Waals surface area contributed by atoms with Gasteiger partial charge in [0, 0.05) is 12.1 Å². The fourth-order valence-electron chi connectivity index (χ4n) is 2.38. The van der Waals surface area contributed by atoms with Crippen molar-refractivity contribution >= 4 is 0 Å². The van der Waals surface area contributed by atoms with Gasteiger partial charge in [-0.1, -0.05) is 20.3 Å². The quantitative estimate of drug-likeness (QED) is 0.651. The van der Waals surface area contributed by atoms with Gasteiger partial charge in [0.15, 0.2) is 0 Å². The lowest BCUT2D eigenvalue weighted by atomic mass is 9.76. The van der Waals surface area contributed by atoms with Crippen molar-refractivity contribution in [2.45, 2.75) is 65.5 Å². The van der Waals surface area contributed by atoms with E-state index in [1.807, 2.05) is 0 Å². The molecule has 0 amide bonds.